The van der Waals surface area contributed by atoms with Crippen molar-refractivity contribution in [3.05, 3.63) is 17.4 Å². The number of carbonyl (C=O) groups is 1. The number of halogens is 1. The molecule has 1 aliphatic heterocycles. The molecule has 0 amide bonds. The van der Waals surface area contributed by atoms with Crippen LogP contribution in [0.15, 0.2) is 6.07 Å². The number of hydrogen-bond acceptors (Lipinski definition) is 5. The fourth-order valence-corrected chi connectivity index (χ4v) is 1.84. The summed E-state index contributed by atoms with van der Waals surface area (Å²) >= 11 is 0. The van der Waals surface area contributed by atoms with Crippen LogP contribution in [0.5, 0.6) is 17.2 Å². The third-order valence-corrected chi connectivity index (χ3v) is 2.79. The van der Waals surface area contributed by atoms with E-state index in [4.69, 9.17) is 25.1 Å². The number of hydrogen-bond donors (Lipinski definition) is 2. The Hall–Kier alpha value is -2.02. The normalized spacial score (nSPS) is 14.9. The van der Waals surface area contributed by atoms with Crippen molar-refractivity contribution in [2.45, 2.75) is 12.5 Å². The summed E-state index contributed by atoms with van der Waals surface area (Å²) in [7, 11) is 1.31. The lowest BCUT2D eigenvalue weighted by atomic mass is 10.0. The second-order valence-electron chi connectivity index (χ2n) is 4.04. The Morgan fingerprint density at radius 2 is 2.26 bits per heavy atom. The molecule has 2 rings (SSSR count). The highest BCUT2D eigenvalue weighted by atomic mass is 19.1. The molecule has 0 bridgehead atoms. The van der Waals surface area contributed by atoms with Gasteiger partial charge in [0.05, 0.1) is 7.11 Å². The lowest BCUT2D eigenvalue weighted by molar-refractivity contribution is -0.138. The van der Waals surface area contributed by atoms with Crippen LogP contribution in [0, 0.1) is 5.82 Å². The molecule has 1 atom stereocenters. The highest BCUT2D eigenvalue weighted by Crippen LogP contribution is 2.40. The van der Waals surface area contributed by atoms with E-state index in [1.54, 1.807) is 0 Å². The van der Waals surface area contributed by atoms with Crippen LogP contribution in [0.2, 0.25) is 0 Å². The minimum Gasteiger partial charge on any atom is -0.494 e. The number of aliphatic carboxylic acids is 1. The van der Waals surface area contributed by atoms with Crippen LogP contribution in [0.4, 0.5) is 4.39 Å². The first-order valence-electron chi connectivity index (χ1n) is 5.68. The maximum absolute atomic E-state index is 14.2. The Bertz CT molecular complexity index is 505. The third kappa shape index (κ3) is 2.55. The van der Waals surface area contributed by atoms with Gasteiger partial charge in [-0.3, -0.25) is 4.79 Å². The molecule has 0 saturated heterocycles. The molecule has 0 fully saturated rings. The summed E-state index contributed by atoms with van der Waals surface area (Å²) in [6.07, 6.45) is -0.204. The van der Waals surface area contributed by atoms with Crippen molar-refractivity contribution in [1.29, 1.82) is 0 Å². The van der Waals surface area contributed by atoms with Crippen molar-refractivity contribution >= 4 is 5.97 Å². The van der Waals surface area contributed by atoms with Crippen LogP contribution in [0.1, 0.15) is 5.56 Å². The van der Waals surface area contributed by atoms with E-state index in [9.17, 15) is 9.18 Å². The highest BCUT2D eigenvalue weighted by molar-refractivity contribution is 5.74. The summed E-state index contributed by atoms with van der Waals surface area (Å²) in [5.41, 5.74) is 5.50. The molecule has 1 aromatic rings. The molecule has 1 aromatic carbocycles. The van der Waals surface area contributed by atoms with Gasteiger partial charge >= 0.3 is 5.97 Å². The first kappa shape index (κ1) is 13.4. The van der Waals surface area contributed by atoms with Gasteiger partial charge in [0.1, 0.15) is 19.3 Å². The fourth-order valence-electron chi connectivity index (χ4n) is 1.84. The smallest absolute Gasteiger partial charge is 0.320 e. The highest BCUT2D eigenvalue weighted by Gasteiger charge is 2.26. The van der Waals surface area contributed by atoms with E-state index in [-0.39, 0.29) is 30.1 Å². The van der Waals surface area contributed by atoms with E-state index < -0.39 is 17.8 Å². The van der Waals surface area contributed by atoms with Gasteiger partial charge in [0.2, 0.25) is 0 Å². The Morgan fingerprint density at radius 1 is 1.58 bits per heavy atom. The fraction of sp³-hybridized carbons (Fsp3) is 0.417. The molecular weight excluding hydrogens is 257 g/mol. The van der Waals surface area contributed by atoms with Gasteiger partial charge in [-0.1, -0.05) is 0 Å². The van der Waals surface area contributed by atoms with E-state index in [1.165, 1.54) is 13.2 Å². The molecule has 104 valence electrons. The van der Waals surface area contributed by atoms with Gasteiger partial charge in [-0.25, -0.2) is 4.39 Å². The van der Waals surface area contributed by atoms with Crippen molar-refractivity contribution < 1.29 is 28.5 Å². The van der Waals surface area contributed by atoms with Gasteiger partial charge in [-0.05, 0) is 0 Å². The molecule has 1 heterocycles. The molecule has 6 nitrogen and oxygen atoms in total. The molecule has 0 saturated carbocycles. The topological polar surface area (TPSA) is 91.0 Å². The third-order valence-electron chi connectivity index (χ3n) is 2.79. The maximum Gasteiger partial charge on any atom is 0.320 e. The number of methoxy groups -OCH3 is 1. The molecule has 0 spiro atoms. The van der Waals surface area contributed by atoms with Crippen molar-refractivity contribution in [1.82, 2.24) is 0 Å². The Kier molecular flexibility index (Phi) is 3.75. The summed E-state index contributed by atoms with van der Waals surface area (Å²) in [4.78, 5) is 10.8. The number of rotatable bonds is 4. The molecule has 1 unspecified atom stereocenters. The molecular formula is C12H14FNO5. The molecule has 19 heavy (non-hydrogen) atoms. The standard InChI is InChI=1S/C12H14FNO5/c1-17-8-5-9-11(19-3-2-18-9)6(10(8)13)4-7(14)12(15)16/h5,7H,2-4,14H2,1H3,(H,15,16). The summed E-state index contributed by atoms with van der Waals surface area (Å²) in [5.74, 6) is -1.40. The van der Waals surface area contributed by atoms with E-state index >= 15 is 0 Å². The summed E-state index contributed by atoms with van der Waals surface area (Å²) in [6.45, 7) is 0.611. The largest absolute Gasteiger partial charge is 0.494 e. The lowest BCUT2D eigenvalue weighted by Gasteiger charge is -2.23. The quantitative estimate of drug-likeness (QED) is 0.831. The molecule has 1 aliphatic rings. The molecule has 7 heteroatoms. The zero-order valence-corrected chi connectivity index (χ0v) is 10.3. The van der Waals surface area contributed by atoms with Gasteiger partial charge in [0.15, 0.2) is 23.1 Å². The SMILES string of the molecule is COc1cc2c(c(CC(N)C(=O)O)c1F)OCCO2. The predicted octanol–water partition coefficient (Wildman–Crippen LogP) is 0.560. The first-order valence-corrected chi connectivity index (χ1v) is 5.68. The van der Waals surface area contributed by atoms with Crippen molar-refractivity contribution in [3.8, 4) is 17.2 Å². The lowest BCUT2D eigenvalue weighted by Crippen LogP contribution is -2.33. The van der Waals surface area contributed by atoms with Crippen LogP contribution in [-0.4, -0.2) is 37.4 Å². The van der Waals surface area contributed by atoms with Crippen LogP contribution < -0.4 is 19.9 Å². The Morgan fingerprint density at radius 3 is 2.89 bits per heavy atom. The zero-order chi connectivity index (χ0) is 14.0. The average molecular weight is 271 g/mol. The second-order valence-corrected chi connectivity index (χ2v) is 4.04. The van der Waals surface area contributed by atoms with E-state index in [0.29, 0.717) is 12.4 Å². The van der Waals surface area contributed by atoms with Crippen LogP contribution in [0.25, 0.3) is 0 Å². The van der Waals surface area contributed by atoms with E-state index in [0.717, 1.165) is 0 Å². The van der Waals surface area contributed by atoms with E-state index in [2.05, 4.69) is 0 Å². The maximum atomic E-state index is 14.2. The number of fused-ring (bicyclic) bond motifs is 1. The number of nitrogens with two attached hydrogens (primary N) is 1. The summed E-state index contributed by atoms with van der Waals surface area (Å²) in [6, 6.07) is 0.149. The van der Waals surface area contributed by atoms with Gasteiger partial charge in [0.25, 0.3) is 0 Å². The summed E-state index contributed by atoms with van der Waals surface area (Å²) < 4.78 is 29.8. The van der Waals surface area contributed by atoms with Gasteiger partial charge in [-0.2, -0.15) is 0 Å². The molecule has 0 aliphatic carbocycles. The van der Waals surface area contributed by atoms with Crippen LogP contribution in [-0.2, 0) is 11.2 Å². The Balaban J connectivity index is 2.46. The average Bonchev–Trinajstić information content (AvgIpc) is 2.41. The van der Waals surface area contributed by atoms with Crippen molar-refractivity contribution in [3.63, 3.8) is 0 Å². The van der Waals surface area contributed by atoms with Crippen LogP contribution >= 0.6 is 0 Å². The monoisotopic (exact) mass is 271 g/mol. The first-order chi connectivity index (χ1) is 9.04. The van der Waals surface area contributed by atoms with E-state index in [1.807, 2.05) is 0 Å². The predicted molar refractivity (Wildman–Crippen MR) is 63.3 cm³/mol. The van der Waals surface area contributed by atoms with Crippen LogP contribution in [0.3, 0.4) is 0 Å². The summed E-state index contributed by atoms with van der Waals surface area (Å²) in [5, 5.41) is 8.81. The molecule has 3 N–H and O–H groups in total. The minimum atomic E-state index is -1.23. The van der Waals surface area contributed by atoms with Gasteiger partial charge < -0.3 is 25.1 Å². The second kappa shape index (κ2) is 5.31. The number of benzene rings is 1. The van der Waals surface area contributed by atoms with Gasteiger partial charge in [0, 0.05) is 18.1 Å². The molecule has 0 radical (unpaired) electrons. The Labute approximate surface area is 108 Å². The van der Waals surface area contributed by atoms with Gasteiger partial charge in [-0.15, -0.1) is 0 Å². The number of carboxylic acids is 1. The zero-order valence-electron chi connectivity index (χ0n) is 10.3. The van der Waals surface area contributed by atoms with Crippen molar-refractivity contribution in [2.24, 2.45) is 5.73 Å². The van der Waals surface area contributed by atoms with Crippen molar-refractivity contribution in [2.75, 3.05) is 20.3 Å². The number of ether oxygens (including phenoxy) is 3. The number of carboxylic acid groups (broad SMARTS) is 1. The minimum absolute atomic E-state index is 0.0307. The molecule has 0 aromatic heterocycles.